The van der Waals surface area contributed by atoms with Crippen molar-refractivity contribution >= 4 is 17.1 Å². The van der Waals surface area contributed by atoms with Crippen molar-refractivity contribution in [2.24, 2.45) is 0 Å². The molecule has 0 amide bonds. The normalized spacial score (nSPS) is 16.0. The summed E-state index contributed by atoms with van der Waals surface area (Å²) in [5.41, 5.74) is 3.52. The molecule has 0 bridgehead atoms. The van der Waals surface area contributed by atoms with Gasteiger partial charge in [-0.2, -0.15) is 0 Å². The highest BCUT2D eigenvalue weighted by Crippen LogP contribution is 2.44. The summed E-state index contributed by atoms with van der Waals surface area (Å²) in [5.74, 6) is 0.268. The summed E-state index contributed by atoms with van der Waals surface area (Å²) in [7, 11) is 1.41. The molecule has 1 fully saturated rings. The zero-order chi connectivity index (χ0) is 26.5. The SMILES string of the molecule is CCc1ccc(-c2c(-c3ccccc3F)oc3ncnc(O[C@@H]4CCCN(CCCC(=O)OC)C4)c23)cc1. The minimum Gasteiger partial charge on any atom is -0.472 e. The number of furan rings is 1. The Morgan fingerprint density at radius 3 is 2.74 bits per heavy atom. The first-order valence-corrected chi connectivity index (χ1v) is 13.1. The molecule has 0 N–H and O–H groups in total. The number of halogens is 1. The fourth-order valence-electron chi connectivity index (χ4n) is 5.03. The number of hydrogen-bond acceptors (Lipinski definition) is 7. The fraction of sp³-hybridized carbons (Fsp3) is 0.367. The lowest BCUT2D eigenvalue weighted by Crippen LogP contribution is -2.41. The van der Waals surface area contributed by atoms with E-state index in [0.29, 0.717) is 40.3 Å². The van der Waals surface area contributed by atoms with Crippen molar-refractivity contribution in [2.75, 3.05) is 26.7 Å². The van der Waals surface area contributed by atoms with Gasteiger partial charge in [0.25, 0.3) is 0 Å². The summed E-state index contributed by atoms with van der Waals surface area (Å²) < 4.78 is 32.4. The number of rotatable bonds is 9. The van der Waals surface area contributed by atoms with Gasteiger partial charge in [-0.1, -0.05) is 43.3 Å². The van der Waals surface area contributed by atoms with Crippen LogP contribution in [0.15, 0.2) is 59.3 Å². The van der Waals surface area contributed by atoms with Crippen molar-refractivity contribution in [2.45, 2.75) is 45.1 Å². The van der Waals surface area contributed by atoms with Gasteiger partial charge in [-0.15, -0.1) is 0 Å². The molecule has 1 saturated heterocycles. The first-order chi connectivity index (χ1) is 18.6. The van der Waals surface area contributed by atoms with Gasteiger partial charge in [0.05, 0.1) is 12.7 Å². The fourth-order valence-corrected chi connectivity index (χ4v) is 5.03. The summed E-state index contributed by atoms with van der Waals surface area (Å²) in [6.07, 6.45) is 5.27. The quantitative estimate of drug-likeness (QED) is 0.250. The van der Waals surface area contributed by atoms with Gasteiger partial charge >= 0.3 is 5.97 Å². The number of fused-ring (bicyclic) bond motifs is 1. The van der Waals surface area contributed by atoms with Crippen LogP contribution < -0.4 is 4.74 Å². The molecule has 0 aliphatic carbocycles. The highest BCUT2D eigenvalue weighted by Gasteiger charge is 2.27. The van der Waals surface area contributed by atoms with Crippen molar-refractivity contribution in [1.29, 1.82) is 0 Å². The average Bonchev–Trinajstić information content (AvgIpc) is 3.34. The van der Waals surface area contributed by atoms with Gasteiger partial charge in [0, 0.05) is 18.5 Å². The van der Waals surface area contributed by atoms with Gasteiger partial charge in [0.1, 0.15) is 29.4 Å². The van der Waals surface area contributed by atoms with E-state index in [0.717, 1.165) is 50.9 Å². The number of nitrogens with zero attached hydrogens (tertiary/aromatic N) is 3. The van der Waals surface area contributed by atoms with Gasteiger partial charge in [0.2, 0.25) is 11.6 Å². The number of methoxy groups -OCH3 is 1. The average molecular weight is 518 g/mol. The van der Waals surface area contributed by atoms with E-state index in [1.807, 2.05) is 12.1 Å². The molecule has 1 atom stereocenters. The summed E-state index contributed by atoms with van der Waals surface area (Å²) >= 11 is 0. The number of aryl methyl sites for hydroxylation is 1. The lowest BCUT2D eigenvalue weighted by molar-refractivity contribution is -0.140. The Kier molecular flexibility index (Phi) is 7.98. The van der Waals surface area contributed by atoms with E-state index in [1.165, 1.54) is 25.1 Å². The first-order valence-electron chi connectivity index (χ1n) is 13.1. The van der Waals surface area contributed by atoms with Gasteiger partial charge in [-0.05, 0) is 62.0 Å². The third-order valence-electron chi connectivity index (χ3n) is 7.05. The zero-order valence-corrected chi connectivity index (χ0v) is 21.8. The maximum atomic E-state index is 14.9. The number of likely N-dealkylation sites (tertiary alicyclic amines) is 1. The Morgan fingerprint density at radius 1 is 1.16 bits per heavy atom. The molecular formula is C30H32FN3O4. The van der Waals surface area contributed by atoms with Crippen molar-refractivity contribution in [1.82, 2.24) is 14.9 Å². The number of aromatic nitrogens is 2. The van der Waals surface area contributed by atoms with Gasteiger partial charge in [0.15, 0.2) is 0 Å². The Labute approximate surface area is 221 Å². The van der Waals surface area contributed by atoms with Crippen LogP contribution in [0.3, 0.4) is 0 Å². The number of piperidine rings is 1. The number of hydrogen-bond donors (Lipinski definition) is 0. The van der Waals surface area contributed by atoms with Gasteiger partial charge < -0.3 is 13.9 Å². The minimum atomic E-state index is -0.372. The Bertz CT molecular complexity index is 1400. The summed E-state index contributed by atoms with van der Waals surface area (Å²) in [6, 6.07) is 14.8. The molecule has 2 aromatic heterocycles. The standard InChI is InChI=1S/C30H32FN3O4/c1-3-20-12-14-21(15-13-20)26-27-29(37-22-8-6-16-34(18-22)17-7-11-25(35)36-2)32-19-33-30(27)38-28(26)23-9-4-5-10-24(23)31/h4-5,9-10,12-15,19,22H,3,6-8,11,16-18H2,1-2H3/t22-/m1/s1. The molecule has 0 spiro atoms. The molecular weight excluding hydrogens is 485 g/mol. The second kappa shape index (κ2) is 11.7. The summed E-state index contributed by atoms with van der Waals surface area (Å²) in [4.78, 5) is 22.7. The van der Waals surface area contributed by atoms with Crippen LogP contribution in [0.5, 0.6) is 5.88 Å². The zero-order valence-electron chi connectivity index (χ0n) is 21.8. The number of benzene rings is 2. The summed E-state index contributed by atoms with van der Waals surface area (Å²) in [5, 5.41) is 0.637. The molecule has 0 saturated carbocycles. The molecule has 4 aromatic rings. The van der Waals surface area contributed by atoms with Crippen molar-refractivity contribution in [3.05, 3.63) is 66.2 Å². The van der Waals surface area contributed by atoms with E-state index >= 15 is 0 Å². The second-order valence-corrected chi connectivity index (χ2v) is 9.56. The lowest BCUT2D eigenvalue weighted by atomic mass is 9.98. The largest absolute Gasteiger partial charge is 0.472 e. The van der Waals surface area contributed by atoms with Crippen LogP contribution in [-0.4, -0.2) is 53.7 Å². The van der Waals surface area contributed by atoms with E-state index in [4.69, 9.17) is 13.9 Å². The van der Waals surface area contributed by atoms with E-state index in [1.54, 1.807) is 18.2 Å². The monoisotopic (exact) mass is 517 g/mol. The topological polar surface area (TPSA) is 77.7 Å². The van der Waals surface area contributed by atoms with Crippen molar-refractivity contribution in [3.63, 3.8) is 0 Å². The molecule has 7 nitrogen and oxygen atoms in total. The van der Waals surface area contributed by atoms with Crippen molar-refractivity contribution in [3.8, 4) is 28.3 Å². The van der Waals surface area contributed by atoms with E-state index in [2.05, 4.69) is 33.9 Å². The molecule has 38 heavy (non-hydrogen) atoms. The van der Waals surface area contributed by atoms with E-state index in [9.17, 15) is 9.18 Å². The Balaban J connectivity index is 1.50. The third kappa shape index (κ3) is 5.55. The van der Waals surface area contributed by atoms with Gasteiger partial charge in [-0.3, -0.25) is 9.69 Å². The molecule has 2 aromatic carbocycles. The van der Waals surface area contributed by atoms with Crippen LogP contribution in [0.25, 0.3) is 33.6 Å². The van der Waals surface area contributed by atoms with Crippen molar-refractivity contribution < 1.29 is 23.1 Å². The van der Waals surface area contributed by atoms with E-state index in [-0.39, 0.29) is 17.9 Å². The molecule has 0 unspecified atom stereocenters. The van der Waals surface area contributed by atoms with Crippen LogP contribution in [-0.2, 0) is 16.0 Å². The number of esters is 1. The first kappa shape index (κ1) is 25.9. The molecule has 3 heterocycles. The van der Waals surface area contributed by atoms with Crippen LogP contribution in [0.2, 0.25) is 0 Å². The Hall–Kier alpha value is -3.78. The number of ether oxygens (including phenoxy) is 2. The van der Waals surface area contributed by atoms with Crippen LogP contribution in [0.1, 0.15) is 38.2 Å². The highest BCUT2D eigenvalue weighted by atomic mass is 19.1. The molecule has 198 valence electrons. The Morgan fingerprint density at radius 2 is 1.97 bits per heavy atom. The number of carbonyl (C=O) groups is 1. The van der Waals surface area contributed by atoms with Crippen LogP contribution >= 0.6 is 0 Å². The predicted octanol–water partition coefficient (Wildman–Crippen LogP) is 6.05. The smallest absolute Gasteiger partial charge is 0.305 e. The second-order valence-electron chi connectivity index (χ2n) is 9.56. The minimum absolute atomic E-state index is 0.0814. The molecule has 1 aliphatic heterocycles. The predicted molar refractivity (Wildman–Crippen MR) is 143 cm³/mol. The molecule has 1 aliphatic rings. The molecule has 5 rings (SSSR count). The number of carbonyl (C=O) groups excluding carboxylic acids is 1. The molecule has 0 radical (unpaired) electrons. The maximum absolute atomic E-state index is 14.9. The van der Waals surface area contributed by atoms with E-state index < -0.39 is 0 Å². The molecule has 8 heteroatoms. The maximum Gasteiger partial charge on any atom is 0.305 e. The lowest BCUT2D eigenvalue weighted by Gasteiger charge is -2.32. The van der Waals surface area contributed by atoms with Crippen LogP contribution in [0, 0.1) is 5.82 Å². The van der Waals surface area contributed by atoms with Crippen LogP contribution in [0.4, 0.5) is 4.39 Å². The third-order valence-corrected chi connectivity index (χ3v) is 7.05. The highest BCUT2D eigenvalue weighted by molar-refractivity contribution is 6.03. The summed E-state index contributed by atoms with van der Waals surface area (Å²) in [6.45, 7) is 4.59. The van der Waals surface area contributed by atoms with Gasteiger partial charge in [-0.25, -0.2) is 14.4 Å².